The number of nitrogens with one attached hydrogen (secondary N) is 2. The van der Waals surface area contributed by atoms with E-state index in [1.807, 2.05) is 26.0 Å². The Bertz CT molecular complexity index is 1120. The number of para-hydroxylation sites is 3. The molecule has 3 aromatic carbocycles. The Morgan fingerprint density at radius 1 is 0.833 bits per heavy atom. The van der Waals surface area contributed by atoms with Gasteiger partial charge in [0.15, 0.2) is 0 Å². The van der Waals surface area contributed by atoms with Crippen LogP contribution >= 0.6 is 0 Å². The van der Waals surface area contributed by atoms with Crippen LogP contribution in [0.15, 0.2) is 72.8 Å². The van der Waals surface area contributed by atoms with Gasteiger partial charge in [0, 0.05) is 11.1 Å². The Labute approximate surface area is 175 Å². The van der Waals surface area contributed by atoms with E-state index >= 15 is 0 Å². The predicted octanol–water partition coefficient (Wildman–Crippen LogP) is 4.85. The fourth-order valence-electron chi connectivity index (χ4n) is 2.81. The number of ether oxygens (including phenoxy) is 1. The van der Waals surface area contributed by atoms with Gasteiger partial charge in [0.2, 0.25) is 0 Å². The van der Waals surface area contributed by atoms with Crippen molar-refractivity contribution in [2.75, 3.05) is 10.6 Å². The smallest absolute Gasteiger partial charge is 0.255 e. The average molecular weight is 399 g/mol. The van der Waals surface area contributed by atoms with Crippen molar-refractivity contribution in [3.8, 4) is 11.8 Å². The van der Waals surface area contributed by atoms with Gasteiger partial charge in [-0.15, -0.1) is 0 Å². The number of rotatable bonds is 6. The lowest BCUT2D eigenvalue weighted by Crippen LogP contribution is -2.17. The molecule has 150 valence electrons. The van der Waals surface area contributed by atoms with Gasteiger partial charge in [-0.1, -0.05) is 30.3 Å². The standard InChI is InChI=1S/C24H21N3O3/c1-16(2)30-22-13-6-5-12-21(22)27-24(29)18-10-7-9-17(14-18)23(28)26-20-11-4-3-8-19(20)15-25/h3-14,16H,1-2H3,(H,26,28)(H,27,29). The van der Waals surface area contributed by atoms with Gasteiger partial charge < -0.3 is 15.4 Å². The minimum atomic E-state index is -0.407. The summed E-state index contributed by atoms with van der Waals surface area (Å²) in [7, 11) is 0. The molecule has 0 heterocycles. The first kappa shape index (κ1) is 20.6. The molecular weight excluding hydrogens is 378 g/mol. The summed E-state index contributed by atoms with van der Waals surface area (Å²) in [5.74, 6) is -0.194. The van der Waals surface area contributed by atoms with Crippen molar-refractivity contribution in [3.05, 3.63) is 89.5 Å². The highest BCUT2D eigenvalue weighted by atomic mass is 16.5. The number of hydrogen-bond acceptors (Lipinski definition) is 4. The van der Waals surface area contributed by atoms with Crippen LogP contribution in [0.1, 0.15) is 40.1 Å². The van der Waals surface area contributed by atoms with Gasteiger partial charge in [-0.05, 0) is 56.3 Å². The lowest BCUT2D eigenvalue weighted by molar-refractivity contribution is 0.102. The Morgan fingerprint density at radius 2 is 1.40 bits per heavy atom. The van der Waals surface area contributed by atoms with Crippen molar-refractivity contribution in [1.29, 1.82) is 5.26 Å². The highest BCUT2D eigenvalue weighted by Crippen LogP contribution is 2.25. The minimum Gasteiger partial charge on any atom is -0.489 e. The summed E-state index contributed by atoms with van der Waals surface area (Å²) in [5.41, 5.74) is 1.97. The molecule has 2 amide bonds. The van der Waals surface area contributed by atoms with E-state index < -0.39 is 5.91 Å². The van der Waals surface area contributed by atoms with Gasteiger partial charge >= 0.3 is 0 Å². The van der Waals surface area contributed by atoms with E-state index in [9.17, 15) is 14.9 Å². The molecule has 0 aliphatic rings. The molecule has 2 N–H and O–H groups in total. The van der Waals surface area contributed by atoms with Crippen LogP contribution in [0, 0.1) is 11.3 Å². The number of anilines is 2. The molecule has 0 atom stereocenters. The van der Waals surface area contributed by atoms with Crippen molar-refractivity contribution in [2.45, 2.75) is 20.0 Å². The Kier molecular flexibility index (Phi) is 6.46. The number of hydrogen-bond donors (Lipinski definition) is 2. The summed E-state index contributed by atoms with van der Waals surface area (Å²) >= 11 is 0. The first-order valence-corrected chi connectivity index (χ1v) is 9.45. The quantitative estimate of drug-likeness (QED) is 0.620. The van der Waals surface area contributed by atoms with E-state index in [1.54, 1.807) is 60.7 Å². The monoisotopic (exact) mass is 399 g/mol. The normalized spacial score (nSPS) is 10.2. The number of benzene rings is 3. The van der Waals surface area contributed by atoms with Crippen LogP contribution < -0.4 is 15.4 Å². The molecular formula is C24H21N3O3. The Balaban J connectivity index is 1.78. The lowest BCUT2D eigenvalue weighted by Gasteiger charge is -2.15. The summed E-state index contributed by atoms with van der Waals surface area (Å²) in [6.45, 7) is 3.82. The molecule has 3 aromatic rings. The summed E-state index contributed by atoms with van der Waals surface area (Å²) in [6.07, 6.45) is -0.0358. The first-order chi connectivity index (χ1) is 14.5. The fourth-order valence-corrected chi connectivity index (χ4v) is 2.81. The van der Waals surface area contributed by atoms with Crippen LogP contribution in [0.4, 0.5) is 11.4 Å². The van der Waals surface area contributed by atoms with E-state index in [-0.39, 0.29) is 12.0 Å². The second kappa shape index (κ2) is 9.39. The molecule has 0 aliphatic heterocycles. The van der Waals surface area contributed by atoms with E-state index in [4.69, 9.17) is 4.74 Å². The third-order valence-electron chi connectivity index (χ3n) is 4.18. The van der Waals surface area contributed by atoms with Gasteiger partial charge in [-0.2, -0.15) is 5.26 Å². The zero-order valence-corrected chi connectivity index (χ0v) is 16.7. The van der Waals surface area contributed by atoms with E-state index in [1.165, 1.54) is 6.07 Å². The number of nitriles is 1. The van der Waals surface area contributed by atoms with Crippen LogP contribution in [0.3, 0.4) is 0 Å². The number of nitrogens with zero attached hydrogens (tertiary/aromatic N) is 1. The molecule has 6 heteroatoms. The zero-order chi connectivity index (χ0) is 21.5. The van der Waals surface area contributed by atoms with E-state index in [0.29, 0.717) is 33.8 Å². The molecule has 30 heavy (non-hydrogen) atoms. The largest absolute Gasteiger partial charge is 0.489 e. The van der Waals surface area contributed by atoms with Crippen LogP contribution in [0.25, 0.3) is 0 Å². The van der Waals surface area contributed by atoms with E-state index in [0.717, 1.165) is 0 Å². The van der Waals surface area contributed by atoms with Gasteiger partial charge in [0.25, 0.3) is 11.8 Å². The number of amides is 2. The Morgan fingerprint density at radius 3 is 2.03 bits per heavy atom. The summed E-state index contributed by atoms with van der Waals surface area (Å²) in [6, 6.07) is 22.3. The minimum absolute atomic E-state index is 0.0358. The first-order valence-electron chi connectivity index (χ1n) is 9.45. The third-order valence-corrected chi connectivity index (χ3v) is 4.18. The van der Waals surface area contributed by atoms with Crippen molar-refractivity contribution < 1.29 is 14.3 Å². The maximum absolute atomic E-state index is 12.7. The average Bonchev–Trinajstić information content (AvgIpc) is 2.75. The second-order valence-corrected chi connectivity index (χ2v) is 6.81. The maximum Gasteiger partial charge on any atom is 0.255 e. The van der Waals surface area contributed by atoms with Crippen molar-refractivity contribution >= 4 is 23.2 Å². The Hall–Kier alpha value is -4.11. The zero-order valence-electron chi connectivity index (χ0n) is 16.7. The molecule has 0 aliphatic carbocycles. The molecule has 0 unspecified atom stereocenters. The van der Waals surface area contributed by atoms with Gasteiger partial charge in [-0.3, -0.25) is 9.59 Å². The van der Waals surface area contributed by atoms with E-state index in [2.05, 4.69) is 10.6 Å². The highest BCUT2D eigenvalue weighted by molar-refractivity contribution is 6.09. The molecule has 0 saturated heterocycles. The third kappa shape index (κ3) is 5.03. The number of carbonyl (C=O) groups is 2. The van der Waals surface area contributed by atoms with Crippen LogP contribution in [-0.4, -0.2) is 17.9 Å². The highest BCUT2D eigenvalue weighted by Gasteiger charge is 2.14. The van der Waals surface area contributed by atoms with Gasteiger partial charge in [-0.25, -0.2) is 0 Å². The SMILES string of the molecule is CC(C)Oc1ccccc1NC(=O)c1cccc(C(=O)Nc2ccccc2C#N)c1. The van der Waals surface area contributed by atoms with Crippen LogP contribution in [0.2, 0.25) is 0 Å². The summed E-state index contributed by atoms with van der Waals surface area (Å²) in [5, 5.41) is 14.7. The second-order valence-electron chi connectivity index (χ2n) is 6.81. The van der Waals surface area contributed by atoms with Gasteiger partial charge in [0.1, 0.15) is 11.8 Å². The lowest BCUT2D eigenvalue weighted by atomic mass is 10.1. The molecule has 0 bridgehead atoms. The molecule has 0 aromatic heterocycles. The maximum atomic E-state index is 12.7. The molecule has 0 radical (unpaired) electrons. The van der Waals surface area contributed by atoms with Crippen molar-refractivity contribution in [1.82, 2.24) is 0 Å². The number of carbonyl (C=O) groups excluding carboxylic acids is 2. The molecule has 0 saturated carbocycles. The van der Waals surface area contributed by atoms with Crippen LogP contribution in [-0.2, 0) is 0 Å². The summed E-state index contributed by atoms with van der Waals surface area (Å²) in [4.78, 5) is 25.4. The molecule has 6 nitrogen and oxygen atoms in total. The molecule has 3 rings (SSSR count). The van der Waals surface area contributed by atoms with Gasteiger partial charge in [0.05, 0.1) is 23.0 Å². The van der Waals surface area contributed by atoms with Crippen molar-refractivity contribution in [2.24, 2.45) is 0 Å². The fraction of sp³-hybridized carbons (Fsp3) is 0.125. The summed E-state index contributed by atoms with van der Waals surface area (Å²) < 4.78 is 5.73. The predicted molar refractivity (Wildman–Crippen MR) is 116 cm³/mol. The molecule has 0 spiro atoms. The molecule has 0 fully saturated rings. The van der Waals surface area contributed by atoms with Crippen molar-refractivity contribution in [3.63, 3.8) is 0 Å². The van der Waals surface area contributed by atoms with Crippen LogP contribution in [0.5, 0.6) is 5.75 Å². The topological polar surface area (TPSA) is 91.2 Å².